The first-order valence-corrected chi connectivity index (χ1v) is 12.0. The highest BCUT2D eigenvalue weighted by Crippen LogP contribution is 2.37. The fraction of sp³-hybridized carbons (Fsp3) is 0.261. The molecule has 6 nitrogen and oxygen atoms in total. The second-order valence-electron chi connectivity index (χ2n) is 7.90. The molecule has 3 aromatic rings. The molecule has 0 N–H and O–H groups in total. The molecule has 168 valence electrons. The average molecular weight is 461 g/mol. The third-order valence-corrected chi connectivity index (χ3v) is 5.72. The predicted molar refractivity (Wildman–Crippen MR) is 116 cm³/mol. The Morgan fingerprint density at radius 3 is 2.41 bits per heavy atom. The van der Waals surface area contributed by atoms with Gasteiger partial charge in [0.05, 0.1) is 11.9 Å². The zero-order valence-corrected chi connectivity index (χ0v) is 18.3. The van der Waals surface area contributed by atoms with Crippen LogP contribution in [0.3, 0.4) is 0 Å². The topological polar surface area (TPSA) is 74.6 Å². The van der Waals surface area contributed by atoms with Crippen molar-refractivity contribution in [2.45, 2.75) is 24.7 Å². The summed E-state index contributed by atoms with van der Waals surface area (Å²) in [5, 5.41) is 0. The van der Waals surface area contributed by atoms with Gasteiger partial charge in [0.2, 0.25) is 0 Å². The van der Waals surface area contributed by atoms with Gasteiger partial charge in [-0.2, -0.15) is 0 Å². The lowest BCUT2D eigenvalue weighted by Gasteiger charge is -2.15. The van der Waals surface area contributed by atoms with Gasteiger partial charge in [0.1, 0.15) is 11.6 Å². The maximum absolute atomic E-state index is 14.2. The zero-order valence-electron chi connectivity index (χ0n) is 17.5. The Kier molecular flexibility index (Phi) is 5.77. The molecule has 0 radical (unpaired) electrons. The van der Waals surface area contributed by atoms with Crippen LogP contribution in [0.5, 0.6) is 17.2 Å². The summed E-state index contributed by atoms with van der Waals surface area (Å²) in [7, 11) is -1.74. The Hall–Kier alpha value is -3.20. The van der Waals surface area contributed by atoms with Crippen molar-refractivity contribution in [2.75, 3.05) is 6.26 Å². The van der Waals surface area contributed by atoms with E-state index >= 15 is 0 Å². The van der Waals surface area contributed by atoms with E-state index in [1.807, 2.05) is 0 Å². The average Bonchev–Trinajstić information content (AvgIpc) is 3.51. The van der Waals surface area contributed by atoms with Crippen LogP contribution in [0.15, 0.2) is 53.5 Å². The van der Waals surface area contributed by atoms with Gasteiger partial charge < -0.3 is 14.0 Å². The first kappa shape index (κ1) is 22.0. The number of aromatic nitrogens is 1. The summed E-state index contributed by atoms with van der Waals surface area (Å²) in [4.78, 5) is 12.5. The van der Waals surface area contributed by atoms with Gasteiger partial charge in [-0.05, 0) is 48.7 Å². The van der Waals surface area contributed by atoms with Crippen LogP contribution >= 0.6 is 0 Å². The minimum atomic E-state index is -3.31. The number of halogens is 2. The fourth-order valence-electron chi connectivity index (χ4n) is 3.24. The monoisotopic (exact) mass is 461 g/mol. The van der Waals surface area contributed by atoms with Crippen molar-refractivity contribution in [3.05, 3.63) is 76.2 Å². The van der Waals surface area contributed by atoms with Crippen LogP contribution in [0.25, 0.3) is 11.1 Å². The molecule has 0 aliphatic heterocycles. The van der Waals surface area contributed by atoms with Gasteiger partial charge >= 0.3 is 0 Å². The highest BCUT2D eigenvalue weighted by molar-refractivity contribution is 7.89. The molecule has 2 aromatic carbocycles. The normalized spacial score (nSPS) is 13.8. The molecule has 1 fully saturated rings. The van der Waals surface area contributed by atoms with Crippen LogP contribution in [0, 0.1) is 11.6 Å². The molecule has 1 heterocycles. The summed E-state index contributed by atoms with van der Waals surface area (Å²) in [5.41, 5.74) is 1.15. The van der Waals surface area contributed by atoms with E-state index in [-0.39, 0.29) is 34.7 Å². The van der Waals surface area contributed by atoms with E-state index in [4.69, 9.17) is 9.47 Å². The smallest absolute Gasteiger partial charge is 0.292 e. The van der Waals surface area contributed by atoms with E-state index in [9.17, 15) is 22.0 Å². The van der Waals surface area contributed by atoms with Crippen LogP contribution in [-0.2, 0) is 22.6 Å². The number of sulfone groups is 1. The van der Waals surface area contributed by atoms with Gasteiger partial charge in [-0.3, -0.25) is 4.79 Å². The molecule has 0 saturated heterocycles. The standard InChI is InChI=1S/C23H21F2NO5S/c1-26-12-15(10-22(23(26)27)30-17-5-6-17)18-9-14(13-32(2,28)29)3-7-20(18)31-21-8-4-16(24)11-19(21)25/h3-4,7-12,17H,5-6,13H2,1-2H3. The number of pyridine rings is 1. The van der Waals surface area contributed by atoms with E-state index < -0.39 is 21.5 Å². The molecule has 1 aliphatic rings. The summed E-state index contributed by atoms with van der Waals surface area (Å²) >= 11 is 0. The number of rotatable bonds is 7. The maximum Gasteiger partial charge on any atom is 0.292 e. The molecule has 0 unspecified atom stereocenters. The number of ether oxygens (including phenoxy) is 2. The Labute approximate surface area is 184 Å². The minimum absolute atomic E-state index is 0.00134. The summed E-state index contributed by atoms with van der Waals surface area (Å²) < 4.78 is 63.9. The van der Waals surface area contributed by atoms with E-state index in [1.165, 1.54) is 16.7 Å². The summed E-state index contributed by atoms with van der Waals surface area (Å²) in [6.07, 6.45) is 4.43. The van der Waals surface area contributed by atoms with Crippen LogP contribution in [0.2, 0.25) is 0 Å². The van der Waals surface area contributed by atoms with Crippen molar-refractivity contribution in [1.82, 2.24) is 4.57 Å². The van der Waals surface area contributed by atoms with Crippen LogP contribution in [0.1, 0.15) is 18.4 Å². The second kappa shape index (κ2) is 8.38. The molecule has 0 bridgehead atoms. The summed E-state index contributed by atoms with van der Waals surface area (Å²) in [5.74, 6) is -1.64. The number of aryl methyl sites for hydroxylation is 1. The van der Waals surface area contributed by atoms with Crippen molar-refractivity contribution in [2.24, 2.45) is 7.05 Å². The quantitative estimate of drug-likeness (QED) is 0.527. The molecule has 4 rings (SSSR count). The lowest BCUT2D eigenvalue weighted by Crippen LogP contribution is -2.19. The molecule has 0 spiro atoms. The maximum atomic E-state index is 14.2. The van der Waals surface area contributed by atoms with Crippen molar-refractivity contribution < 1.29 is 26.7 Å². The molecule has 1 saturated carbocycles. The Bertz CT molecular complexity index is 1350. The minimum Gasteiger partial charge on any atom is -0.485 e. The zero-order chi connectivity index (χ0) is 23.0. The van der Waals surface area contributed by atoms with Crippen molar-refractivity contribution in [1.29, 1.82) is 0 Å². The van der Waals surface area contributed by atoms with Gasteiger partial charge in [0, 0.05) is 36.7 Å². The molecule has 9 heteroatoms. The first-order valence-electron chi connectivity index (χ1n) is 9.90. The van der Waals surface area contributed by atoms with Crippen LogP contribution < -0.4 is 15.0 Å². The van der Waals surface area contributed by atoms with Crippen molar-refractivity contribution in [3.63, 3.8) is 0 Å². The predicted octanol–water partition coefficient (Wildman–Crippen LogP) is 4.21. The van der Waals surface area contributed by atoms with Crippen molar-refractivity contribution in [3.8, 4) is 28.4 Å². The number of nitrogens with zero attached hydrogens (tertiary/aromatic N) is 1. The molecular formula is C23H21F2NO5S. The lowest BCUT2D eigenvalue weighted by atomic mass is 10.0. The molecular weight excluding hydrogens is 440 g/mol. The first-order chi connectivity index (χ1) is 15.1. The Morgan fingerprint density at radius 1 is 1.03 bits per heavy atom. The van der Waals surface area contributed by atoms with Gasteiger partial charge in [0.15, 0.2) is 27.2 Å². The van der Waals surface area contributed by atoms with Gasteiger partial charge in [0.25, 0.3) is 5.56 Å². The third kappa shape index (κ3) is 5.16. The Morgan fingerprint density at radius 2 is 1.75 bits per heavy atom. The van der Waals surface area contributed by atoms with Crippen LogP contribution in [0.4, 0.5) is 8.78 Å². The summed E-state index contributed by atoms with van der Waals surface area (Å²) in [6.45, 7) is 0. The van der Waals surface area contributed by atoms with E-state index in [2.05, 4.69) is 0 Å². The molecule has 0 amide bonds. The SMILES string of the molecule is Cn1cc(-c2cc(CS(C)(=O)=O)ccc2Oc2ccc(F)cc2F)cc(OC2CC2)c1=O. The van der Waals surface area contributed by atoms with Gasteiger partial charge in [-0.15, -0.1) is 0 Å². The highest BCUT2D eigenvalue weighted by atomic mass is 32.2. The molecule has 1 aliphatic carbocycles. The highest BCUT2D eigenvalue weighted by Gasteiger charge is 2.25. The summed E-state index contributed by atoms with van der Waals surface area (Å²) in [6, 6.07) is 9.20. The van der Waals surface area contributed by atoms with Gasteiger partial charge in [-0.1, -0.05) is 6.07 Å². The van der Waals surface area contributed by atoms with Crippen LogP contribution in [-0.4, -0.2) is 25.3 Å². The third-order valence-electron chi connectivity index (χ3n) is 4.87. The largest absolute Gasteiger partial charge is 0.485 e. The number of hydrogen-bond acceptors (Lipinski definition) is 5. The Balaban J connectivity index is 1.83. The van der Waals surface area contributed by atoms with Crippen molar-refractivity contribution >= 4 is 9.84 Å². The lowest BCUT2D eigenvalue weighted by molar-refractivity contribution is 0.297. The number of benzene rings is 2. The molecule has 32 heavy (non-hydrogen) atoms. The van der Waals surface area contributed by atoms with E-state index in [0.29, 0.717) is 22.8 Å². The molecule has 1 aromatic heterocycles. The fourth-order valence-corrected chi connectivity index (χ4v) is 4.02. The number of hydrogen-bond donors (Lipinski definition) is 0. The second-order valence-corrected chi connectivity index (χ2v) is 10.0. The van der Waals surface area contributed by atoms with E-state index in [0.717, 1.165) is 25.2 Å². The molecule has 0 atom stereocenters. The van der Waals surface area contributed by atoms with E-state index in [1.54, 1.807) is 31.4 Å². The van der Waals surface area contributed by atoms with Gasteiger partial charge in [-0.25, -0.2) is 17.2 Å².